The fraction of sp³-hybridized carbons (Fsp3) is 0.636. The van der Waals surface area contributed by atoms with Gasteiger partial charge in [-0.1, -0.05) is 0 Å². The summed E-state index contributed by atoms with van der Waals surface area (Å²) in [6, 6.07) is 2.06. The summed E-state index contributed by atoms with van der Waals surface area (Å²) in [5.74, 6) is 0. The normalized spacial score (nSPS) is 21.8. The number of hydrogen-bond donors (Lipinski definition) is 0. The first-order valence-electron chi connectivity index (χ1n) is 5.27. The molecule has 1 unspecified atom stereocenters. The lowest BCUT2D eigenvalue weighted by Crippen LogP contribution is -2.24. The van der Waals surface area contributed by atoms with Crippen molar-refractivity contribution in [2.45, 2.75) is 32.0 Å². The summed E-state index contributed by atoms with van der Waals surface area (Å²) in [5, 5.41) is 2.07. The molecule has 1 atom stereocenters. The highest BCUT2D eigenvalue weighted by atomic mass is 79.9. The maximum atomic E-state index is 5.65. The van der Waals surface area contributed by atoms with Crippen LogP contribution in [0.1, 0.15) is 24.1 Å². The minimum absolute atomic E-state index is 0.317. The van der Waals surface area contributed by atoms with Crippen molar-refractivity contribution in [1.29, 1.82) is 0 Å². The molecule has 0 amide bonds. The fourth-order valence-corrected chi connectivity index (χ4v) is 3.05. The van der Waals surface area contributed by atoms with Crippen molar-refractivity contribution in [2.75, 3.05) is 13.2 Å². The van der Waals surface area contributed by atoms with E-state index in [2.05, 4.69) is 27.4 Å². The molecule has 0 radical (unpaired) electrons. The molecule has 1 aromatic rings. The molecule has 84 valence electrons. The summed E-state index contributed by atoms with van der Waals surface area (Å²) in [5.41, 5.74) is 0. The quantitative estimate of drug-likeness (QED) is 0.844. The number of thiophene rings is 1. The van der Waals surface area contributed by atoms with Gasteiger partial charge in [-0.3, -0.25) is 0 Å². The Morgan fingerprint density at radius 3 is 3.13 bits per heavy atom. The lowest BCUT2D eigenvalue weighted by Gasteiger charge is -2.22. The molecular formula is C11H15BrO2S. The molecule has 0 aromatic carbocycles. The van der Waals surface area contributed by atoms with Crippen molar-refractivity contribution >= 4 is 27.3 Å². The van der Waals surface area contributed by atoms with Crippen molar-refractivity contribution in [1.82, 2.24) is 0 Å². The molecule has 1 fully saturated rings. The standard InChI is InChI=1S/C11H15BrO2S/c12-10-4-6-15-11(10)8-13-7-9-3-1-2-5-14-9/h4,6,9H,1-3,5,7-8H2. The number of ether oxygens (including phenoxy) is 2. The van der Waals surface area contributed by atoms with Gasteiger partial charge in [0.05, 0.1) is 19.3 Å². The van der Waals surface area contributed by atoms with Crippen LogP contribution < -0.4 is 0 Å². The van der Waals surface area contributed by atoms with Crippen molar-refractivity contribution in [2.24, 2.45) is 0 Å². The summed E-state index contributed by atoms with van der Waals surface area (Å²) in [7, 11) is 0. The van der Waals surface area contributed by atoms with E-state index in [9.17, 15) is 0 Å². The predicted octanol–water partition coefficient (Wildman–Crippen LogP) is 3.60. The zero-order chi connectivity index (χ0) is 10.5. The molecule has 15 heavy (non-hydrogen) atoms. The summed E-state index contributed by atoms with van der Waals surface area (Å²) >= 11 is 5.22. The first-order chi connectivity index (χ1) is 7.36. The minimum atomic E-state index is 0.317. The van der Waals surface area contributed by atoms with E-state index in [1.807, 2.05) is 0 Å². The molecule has 2 heterocycles. The van der Waals surface area contributed by atoms with E-state index >= 15 is 0 Å². The number of rotatable bonds is 4. The summed E-state index contributed by atoms with van der Waals surface area (Å²) in [6.45, 7) is 2.32. The average Bonchev–Trinajstić information content (AvgIpc) is 2.66. The van der Waals surface area contributed by atoms with Crippen LogP contribution in [-0.2, 0) is 16.1 Å². The lowest BCUT2D eigenvalue weighted by atomic mass is 10.1. The van der Waals surface area contributed by atoms with Gasteiger partial charge in [-0.25, -0.2) is 0 Å². The van der Waals surface area contributed by atoms with Crippen LogP contribution in [0.5, 0.6) is 0 Å². The lowest BCUT2D eigenvalue weighted by molar-refractivity contribution is -0.0444. The molecule has 1 saturated heterocycles. The molecular weight excluding hydrogens is 276 g/mol. The molecule has 1 aromatic heterocycles. The molecule has 1 aliphatic heterocycles. The minimum Gasteiger partial charge on any atom is -0.376 e. The first kappa shape index (κ1) is 11.6. The monoisotopic (exact) mass is 290 g/mol. The van der Waals surface area contributed by atoms with Crippen molar-refractivity contribution in [3.8, 4) is 0 Å². The Labute approximate surface area is 103 Å². The number of halogens is 1. The van der Waals surface area contributed by atoms with Crippen LogP contribution in [0.2, 0.25) is 0 Å². The maximum Gasteiger partial charge on any atom is 0.0822 e. The molecule has 0 aliphatic carbocycles. The van der Waals surface area contributed by atoms with E-state index in [0.717, 1.165) is 24.1 Å². The van der Waals surface area contributed by atoms with Crippen LogP contribution in [0, 0.1) is 0 Å². The summed E-state index contributed by atoms with van der Waals surface area (Å²) in [4.78, 5) is 1.26. The van der Waals surface area contributed by atoms with Gasteiger partial charge in [0.25, 0.3) is 0 Å². The molecule has 4 heteroatoms. The van der Waals surface area contributed by atoms with Crippen LogP contribution in [0.25, 0.3) is 0 Å². The van der Waals surface area contributed by atoms with Gasteiger partial charge in [-0.2, -0.15) is 0 Å². The van der Waals surface area contributed by atoms with E-state index < -0.39 is 0 Å². The van der Waals surface area contributed by atoms with Gasteiger partial charge < -0.3 is 9.47 Å². The molecule has 2 nitrogen and oxygen atoms in total. The van der Waals surface area contributed by atoms with Gasteiger partial charge in [0.2, 0.25) is 0 Å². The van der Waals surface area contributed by atoms with Gasteiger partial charge in [0, 0.05) is 16.0 Å². The third-order valence-electron chi connectivity index (χ3n) is 2.50. The third kappa shape index (κ3) is 3.55. The Morgan fingerprint density at radius 2 is 2.47 bits per heavy atom. The Balaban J connectivity index is 1.68. The predicted molar refractivity (Wildman–Crippen MR) is 65.3 cm³/mol. The zero-order valence-corrected chi connectivity index (χ0v) is 11.0. The van der Waals surface area contributed by atoms with Crippen LogP contribution in [0.4, 0.5) is 0 Å². The highest BCUT2D eigenvalue weighted by Crippen LogP contribution is 2.23. The van der Waals surface area contributed by atoms with Crippen LogP contribution >= 0.6 is 27.3 Å². The highest BCUT2D eigenvalue weighted by Gasteiger charge is 2.13. The molecule has 2 rings (SSSR count). The van der Waals surface area contributed by atoms with E-state index in [-0.39, 0.29) is 0 Å². The molecule has 0 bridgehead atoms. The molecule has 0 spiro atoms. The van der Waals surface area contributed by atoms with Crippen LogP contribution in [-0.4, -0.2) is 19.3 Å². The maximum absolute atomic E-state index is 5.65. The van der Waals surface area contributed by atoms with Gasteiger partial charge >= 0.3 is 0 Å². The zero-order valence-electron chi connectivity index (χ0n) is 8.58. The van der Waals surface area contributed by atoms with Gasteiger partial charge in [-0.15, -0.1) is 11.3 Å². The third-order valence-corrected chi connectivity index (χ3v) is 4.40. The Kier molecular flexibility index (Phi) is 4.62. The average molecular weight is 291 g/mol. The SMILES string of the molecule is Brc1ccsc1COCC1CCCCO1. The van der Waals surface area contributed by atoms with Crippen LogP contribution in [0.15, 0.2) is 15.9 Å². The van der Waals surface area contributed by atoms with E-state index in [4.69, 9.17) is 9.47 Å². The summed E-state index contributed by atoms with van der Waals surface area (Å²) < 4.78 is 12.4. The largest absolute Gasteiger partial charge is 0.376 e. The fourth-order valence-electron chi connectivity index (χ4n) is 1.65. The van der Waals surface area contributed by atoms with E-state index in [1.54, 1.807) is 11.3 Å². The second kappa shape index (κ2) is 5.99. The second-order valence-corrected chi connectivity index (χ2v) is 5.55. The Hall–Kier alpha value is 0.1000. The van der Waals surface area contributed by atoms with Gasteiger partial charge in [0.15, 0.2) is 0 Å². The topological polar surface area (TPSA) is 18.5 Å². The molecule has 0 N–H and O–H groups in total. The second-order valence-electron chi connectivity index (χ2n) is 3.70. The van der Waals surface area contributed by atoms with Gasteiger partial charge in [0.1, 0.15) is 0 Å². The number of hydrogen-bond acceptors (Lipinski definition) is 3. The highest BCUT2D eigenvalue weighted by molar-refractivity contribution is 9.10. The molecule has 0 saturated carbocycles. The van der Waals surface area contributed by atoms with E-state index in [0.29, 0.717) is 12.7 Å². The Bertz CT molecular complexity index is 295. The van der Waals surface area contributed by atoms with Crippen molar-refractivity contribution < 1.29 is 9.47 Å². The first-order valence-corrected chi connectivity index (χ1v) is 6.95. The smallest absolute Gasteiger partial charge is 0.0822 e. The molecule has 1 aliphatic rings. The van der Waals surface area contributed by atoms with Crippen LogP contribution in [0.3, 0.4) is 0 Å². The van der Waals surface area contributed by atoms with Crippen molar-refractivity contribution in [3.63, 3.8) is 0 Å². The van der Waals surface area contributed by atoms with Crippen molar-refractivity contribution in [3.05, 3.63) is 20.8 Å². The summed E-state index contributed by atoms with van der Waals surface area (Å²) in [6.07, 6.45) is 3.94. The van der Waals surface area contributed by atoms with E-state index in [1.165, 1.54) is 17.7 Å². The Morgan fingerprint density at radius 1 is 1.53 bits per heavy atom. The van der Waals surface area contributed by atoms with Gasteiger partial charge in [-0.05, 0) is 46.6 Å².